The van der Waals surface area contributed by atoms with Gasteiger partial charge in [-0.1, -0.05) is 12.1 Å². The van der Waals surface area contributed by atoms with E-state index in [9.17, 15) is 18.0 Å². The molecule has 0 unspecified atom stereocenters. The molecular formula is C23H22F3N5O. The Morgan fingerprint density at radius 2 is 1.91 bits per heavy atom. The van der Waals surface area contributed by atoms with Crippen molar-refractivity contribution in [1.29, 1.82) is 0 Å². The molecule has 166 valence electrons. The van der Waals surface area contributed by atoms with E-state index in [0.29, 0.717) is 48.1 Å². The first-order chi connectivity index (χ1) is 15.2. The Balaban J connectivity index is 1.69. The number of carbonyl (C=O) groups is 1. The highest BCUT2D eigenvalue weighted by Crippen LogP contribution is 2.34. The summed E-state index contributed by atoms with van der Waals surface area (Å²) in [7, 11) is 0. The molecule has 1 aliphatic heterocycles. The highest BCUT2D eigenvalue weighted by Gasteiger charge is 2.31. The molecule has 4 rings (SSSR count). The van der Waals surface area contributed by atoms with Crippen LogP contribution in [-0.2, 0) is 6.18 Å². The van der Waals surface area contributed by atoms with Crippen LogP contribution in [0, 0.1) is 13.8 Å². The second-order valence-corrected chi connectivity index (χ2v) is 7.68. The first-order valence-corrected chi connectivity index (χ1v) is 10.2. The van der Waals surface area contributed by atoms with Crippen LogP contribution < -0.4 is 15.5 Å². The highest BCUT2D eigenvalue weighted by molar-refractivity contribution is 6.03. The van der Waals surface area contributed by atoms with Crippen LogP contribution in [0.5, 0.6) is 0 Å². The first-order valence-electron chi connectivity index (χ1n) is 10.2. The number of fused-ring (bicyclic) bond motifs is 1. The molecule has 1 aromatic carbocycles. The number of rotatable bonds is 2. The lowest BCUT2D eigenvalue weighted by molar-refractivity contribution is -0.137. The van der Waals surface area contributed by atoms with Crippen molar-refractivity contribution in [3.8, 4) is 11.3 Å². The van der Waals surface area contributed by atoms with Gasteiger partial charge in [-0.25, -0.2) is 14.8 Å². The van der Waals surface area contributed by atoms with E-state index >= 15 is 0 Å². The van der Waals surface area contributed by atoms with Gasteiger partial charge in [0.15, 0.2) is 5.82 Å². The summed E-state index contributed by atoms with van der Waals surface area (Å²) in [6, 6.07) is 11.7. The molecule has 0 radical (unpaired) electrons. The number of nitrogens with one attached hydrogen (secondary N) is 2. The number of pyridine rings is 2. The molecule has 2 N–H and O–H groups in total. The van der Waals surface area contributed by atoms with E-state index in [1.54, 1.807) is 24.3 Å². The Morgan fingerprint density at radius 1 is 1.09 bits per heavy atom. The smallest absolute Gasteiger partial charge is 0.382 e. The molecule has 0 spiro atoms. The normalized spacial score (nSPS) is 13.7. The summed E-state index contributed by atoms with van der Waals surface area (Å²) in [5, 5.41) is 6.04. The Bertz CT molecular complexity index is 1140. The molecule has 0 saturated carbocycles. The van der Waals surface area contributed by atoms with Crippen molar-refractivity contribution in [2.45, 2.75) is 26.4 Å². The Hall–Kier alpha value is -3.62. The van der Waals surface area contributed by atoms with Gasteiger partial charge in [-0.3, -0.25) is 10.2 Å². The fraction of sp³-hybridized carbons (Fsp3) is 0.261. The van der Waals surface area contributed by atoms with E-state index < -0.39 is 17.8 Å². The zero-order chi connectivity index (χ0) is 22.9. The van der Waals surface area contributed by atoms with E-state index in [1.165, 1.54) is 11.0 Å². The monoisotopic (exact) mass is 441 g/mol. The van der Waals surface area contributed by atoms with Gasteiger partial charge < -0.3 is 5.32 Å². The Morgan fingerprint density at radius 3 is 2.66 bits per heavy atom. The Labute approximate surface area is 183 Å². The number of benzene rings is 1. The summed E-state index contributed by atoms with van der Waals surface area (Å²) in [6.45, 7) is 4.80. The number of halogens is 3. The second-order valence-electron chi connectivity index (χ2n) is 7.68. The summed E-state index contributed by atoms with van der Waals surface area (Å²) < 4.78 is 39.4. The molecule has 3 aromatic rings. The van der Waals surface area contributed by atoms with Crippen LogP contribution in [0.3, 0.4) is 0 Å². The number of anilines is 3. The number of amides is 2. The third-order valence-electron chi connectivity index (χ3n) is 5.07. The predicted octanol–water partition coefficient (Wildman–Crippen LogP) is 5.63. The zero-order valence-electron chi connectivity index (χ0n) is 17.6. The average Bonchev–Trinajstić information content (AvgIpc) is 2.94. The van der Waals surface area contributed by atoms with Crippen LogP contribution in [0.15, 0.2) is 48.5 Å². The van der Waals surface area contributed by atoms with Crippen molar-refractivity contribution in [2.24, 2.45) is 0 Å². The summed E-state index contributed by atoms with van der Waals surface area (Å²) in [4.78, 5) is 23.5. The average molecular weight is 441 g/mol. The van der Waals surface area contributed by atoms with Crippen LogP contribution in [-0.4, -0.2) is 29.1 Å². The second kappa shape index (κ2) is 8.49. The van der Waals surface area contributed by atoms with Gasteiger partial charge in [0.05, 0.1) is 16.9 Å². The van der Waals surface area contributed by atoms with Crippen LogP contribution in [0.2, 0.25) is 0 Å². The number of hydrogen-bond acceptors (Lipinski definition) is 4. The molecule has 0 fully saturated rings. The van der Waals surface area contributed by atoms with Crippen molar-refractivity contribution >= 4 is 23.4 Å². The maximum Gasteiger partial charge on any atom is 0.416 e. The molecule has 9 heteroatoms. The molecule has 3 heterocycles. The summed E-state index contributed by atoms with van der Waals surface area (Å²) in [5.74, 6) is 0.791. The number of nitrogens with zero attached hydrogens (tertiary/aromatic N) is 3. The van der Waals surface area contributed by atoms with Gasteiger partial charge in [0.25, 0.3) is 0 Å². The quantitative estimate of drug-likeness (QED) is 0.541. The van der Waals surface area contributed by atoms with Gasteiger partial charge in [0.2, 0.25) is 0 Å². The zero-order valence-corrected chi connectivity index (χ0v) is 17.6. The largest absolute Gasteiger partial charge is 0.416 e. The highest BCUT2D eigenvalue weighted by atomic mass is 19.4. The summed E-state index contributed by atoms with van der Waals surface area (Å²) in [5.41, 5.74) is 2.31. The van der Waals surface area contributed by atoms with E-state index in [1.807, 2.05) is 19.9 Å². The molecule has 32 heavy (non-hydrogen) atoms. The van der Waals surface area contributed by atoms with Crippen molar-refractivity contribution in [2.75, 3.05) is 28.6 Å². The number of alkyl halides is 3. The first kappa shape index (κ1) is 21.6. The lowest BCUT2D eigenvalue weighted by Crippen LogP contribution is -2.36. The minimum Gasteiger partial charge on any atom is -0.382 e. The van der Waals surface area contributed by atoms with Crippen molar-refractivity contribution in [1.82, 2.24) is 9.97 Å². The summed E-state index contributed by atoms with van der Waals surface area (Å²) in [6.07, 6.45) is -3.77. The topological polar surface area (TPSA) is 70.2 Å². The number of aryl methyl sites for hydroxylation is 2. The minimum atomic E-state index is -4.45. The van der Waals surface area contributed by atoms with Crippen LogP contribution >= 0.6 is 0 Å². The van der Waals surface area contributed by atoms with Gasteiger partial charge in [0.1, 0.15) is 5.82 Å². The van der Waals surface area contributed by atoms with Crippen LogP contribution in [0.1, 0.15) is 23.2 Å². The maximum absolute atomic E-state index is 13.1. The molecule has 0 atom stereocenters. The van der Waals surface area contributed by atoms with Gasteiger partial charge in [-0.05, 0) is 62.2 Å². The van der Waals surface area contributed by atoms with Crippen molar-refractivity contribution in [3.05, 3.63) is 65.4 Å². The standard InChI is InChI=1S/C23H22F3N5O/c1-14-11-15(2)28-20(12-14)30-22(32)31-10-4-9-27-19-8-7-18(29-21(19)31)16-5-3-6-17(13-16)23(24,25)26/h3,5-8,11-13,27H,4,9-10H2,1-2H3,(H,28,30,32). The molecule has 6 nitrogen and oxygen atoms in total. The minimum absolute atomic E-state index is 0.322. The van der Waals surface area contributed by atoms with Crippen LogP contribution in [0.25, 0.3) is 11.3 Å². The van der Waals surface area contributed by atoms with E-state index in [-0.39, 0.29) is 0 Å². The van der Waals surface area contributed by atoms with Gasteiger partial charge in [0, 0.05) is 24.3 Å². The number of aromatic nitrogens is 2. The molecule has 2 aromatic heterocycles. The molecule has 1 aliphatic rings. The molecular weight excluding hydrogens is 419 g/mol. The third kappa shape index (κ3) is 4.66. The van der Waals surface area contributed by atoms with Gasteiger partial charge in [-0.2, -0.15) is 13.2 Å². The van der Waals surface area contributed by atoms with Crippen molar-refractivity contribution < 1.29 is 18.0 Å². The molecule has 0 saturated heterocycles. The maximum atomic E-state index is 13.1. The fourth-order valence-corrected chi connectivity index (χ4v) is 3.65. The number of urea groups is 1. The van der Waals surface area contributed by atoms with Crippen LogP contribution in [0.4, 0.5) is 35.3 Å². The molecule has 0 bridgehead atoms. The lowest BCUT2D eigenvalue weighted by Gasteiger charge is -2.22. The van der Waals surface area contributed by atoms with E-state index in [4.69, 9.17) is 0 Å². The Kier molecular flexibility index (Phi) is 5.73. The fourth-order valence-electron chi connectivity index (χ4n) is 3.65. The SMILES string of the molecule is Cc1cc(C)nc(NC(=O)N2CCCNc3ccc(-c4cccc(C(F)(F)F)c4)nc32)c1. The summed E-state index contributed by atoms with van der Waals surface area (Å²) >= 11 is 0. The van der Waals surface area contributed by atoms with E-state index in [2.05, 4.69) is 20.6 Å². The van der Waals surface area contributed by atoms with Gasteiger partial charge in [-0.15, -0.1) is 0 Å². The molecule has 0 aliphatic carbocycles. The number of hydrogen-bond donors (Lipinski definition) is 2. The van der Waals surface area contributed by atoms with Crippen molar-refractivity contribution in [3.63, 3.8) is 0 Å². The van der Waals surface area contributed by atoms with E-state index in [0.717, 1.165) is 23.4 Å². The predicted molar refractivity (Wildman–Crippen MR) is 118 cm³/mol. The number of carbonyl (C=O) groups excluding carboxylic acids is 1. The lowest BCUT2D eigenvalue weighted by atomic mass is 10.1. The third-order valence-corrected chi connectivity index (χ3v) is 5.07. The van der Waals surface area contributed by atoms with Gasteiger partial charge >= 0.3 is 12.2 Å². The molecule has 2 amide bonds.